The van der Waals surface area contributed by atoms with Crippen LogP contribution in [0.25, 0.3) is 21.7 Å². The number of H-pyrrole nitrogens is 1. The van der Waals surface area contributed by atoms with Gasteiger partial charge in [0.1, 0.15) is 0 Å². The lowest BCUT2D eigenvalue weighted by atomic mass is 9.96. The Labute approximate surface area is 190 Å². The van der Waals surface area contributed by atoms with Gasteiger partial charge in [0, 0.05) is 35.8 Å². The highest BCUT2D eigenvalue weighted by Gasteiger charge is 2.30. The summed E-state index contributed by atoms with van der Waals surface area (Å²) in [7, 11) is 0. The van der Waals surface area contributed by atoms with Crippen molar-refractivity contribution in [2.75, 3.05) is 13.1 Å². The number of carbonyl (C=O) groups excluding carboxylic acids is 3. The second kappa shape index (κ2) is 8.78. The molecule has 5 rings (SSSR count). The molecule has 3 N–H and O–H groups in total. The van der Waals surface area contributed by atoms with Crippen LogP contribution in [0.15, 0.2) is 72.9 Å². The number of benzene rings is 3. The van der Waals surface area contributed by atoms with Gasteiger partial charge in [0.25, 0.3) is 11.8 Å². The zero-order valence-corrected chi connectivity index (χ0v) is 18.0. The van der Waals surface area contributed by atoms with Gasteiger partial charge in [0.05, 0.1) is 11.5 Å². The van der Waals surface area contributed by atoms with Crippen molar-refractivity contribution in [3.8, 4) is 0 Å². The van der Waals surface area contributed by atoms with Crippen LogP contribution in [0, 0.1) is 5.92 Å². The fourth-order valence-electron chi connectivity index (χ4n) is 4.50. The minimum Gasteiger partial charge on any atom is -0.360 e. The monoisotopic (exact) mass is 440 g/mol. The number of fused-ring (bicyclic) bond motifs is 2. The molecule has 1 aromatic heterocycles. The number of likely N-dealkylation sites (tertiary alicyclic amines) is 1. The minimum absolute atomic E-state index is 0.0767. The molecular weight excluding hydrogens is 416 g/mol. The number of piperidine rings is 1. The molecule has 4 aromatic rings. The number of hydrogen-bond acceptors (Lipinski definition) is 3. The normalized spacial score (nSPS) is 16.0. The molecule has 0 bridgehead atoms. The van der Waals surface area contributed by atoms with Crippen molar-refractivity contribution in [3.63, 3.8) is 0 Å². The quantitative estimate of drug-likeness (QED) is 0.425. The Morgan fingerprint density at radius 2 is 1.61 bits per heavy atom. The fraction of sp³-hybridized carbons (Fsp3) is 0.192. The van der Waals surface area contributed by atoms with Crippen LogP contribution in [-0.4, -0.2) is 40.7 Å². The predicted octanol–water partition coefficient (Wildman–Crippen LogP) is 3.63. The second-order valence-corrected chi connectivity index (χ2v) is 8.31. The molecule has 1 atom stereocenters. The van der Waals surface area contributed by atoms with E-state index < -0.39 is 0 Å². The Kier molecular flexibility index (Phi) is 5.52. The number of hydrazine groups is 1. The third kappa shape index (κ3) is 4.05. The van der Waals surface area contributed by atoms with E-state index in [0.29, 0.717) is 30.6 Å². The van der Waals surface area contributed by atoms with E-state index in [1.807, 2.05) is 66.7 Å². The highest BCUT2D eigenvalue weighted by molar-refractivity contribution is 6.08. The standard InChI is InChI=1S/C26H24N4O3/c31-24(28-29-25(32)22-15-27-23-13-4-3-11-20(22)23)18-9-6-14-30(16-18)26(33)21-12-5-8-17-7-1-2-10-19(17)21/h1-5,7-8,10-13,15,18,27H,6,9,14,16H2,(H,28,31)(H,29,32). The van der Waals surface area contributed by atoms with Crippen LogP contribution >= 0.6 is 0 Å². The maximum atomic E-state index is 13.2. The van der Waals surface area contributed by atoms with E-state index in [4.69, 9.17) is 0 Å². The molecule has 3 amide bonds. The number of rotatable bonds is 3. The lowest BCUT2D eigenvalue weighted by Crippen LogP contribution is -2.50. The molecule has 7 heteroatoms. The van der Waals surface area contributed by atoms with Gasteiger partial charge in [-0.1, -0.05) is 54.6 Å². The molecule has 166 valence electrons. The maximum Gasteiger partial charge on any atom is 0.271 e. The molecule has 1 unspecified atom stereocenters. The lowest BCUT2D eigenvalue weighted by Gasteiger charge is -2.32. The van der Waals surface area contributed by atoms with Crippen LogP contribution in [0.2, 0.25) is 0 Å². The predicted molar refractivity (Wildman–Crippen MR) is 126 cm³/mol. The van der Waals surface area contributed by atoms with E-state index in [1.54, 1.807) is 11.1 Å². The number of amides is 3. The van der Waals surface area contributed by atoms with Crippen LogP contribution in [0.3, 0.4) is 0 Å². The summed E-state index contributed by atoms with van der Waals surface area (Å²) in [5.74, 6) is -1.15. The van der Waals surface area contributed by atoms with Gasteiger partial charge in [-0.2, -0.15) is 0 Å². The molecule has 2 heterocycles. The molecule has 1 fully saturated rings. The van der Waals surface area contributed by atoms with Crippen LogP contribution < -0.4 is 10.9 Å². The Hall–Kier alpha value is -4.13. The van der Waals surface area contributed by atoms with Crippen LogP contribution in [-0.2, 0) is 4.79 Å². The summed E-state index contributed by atoms with van der Waals surface area (Å²) in [4.78, 5) is 43.4. The first-order valence-electron chi connectivity index (χ1n) is 11.0. The smallest absolute Gasteiger partial charge is 0.271 e. The van der Waals surface area contributed by atoms with Gasteiger partial charge in [0.2, 0.25) is 5.91 Å². The largest absolute Gasteiger partial charge is 0.360 e. The third-order valence-corrected chi connectivity index (χ3v) is 6.23. The average Bonchev–Trinajstić information content (AvgIpc) is 3.31. The van der Waals surface area contributed by atoms with Crippen LogP contribution in [0.4, 0.5) is 0 Å². The molecule has 1 aliphatic rings. The first kappa shape index (κ1) is 20.8. The average molecular weight is 441 g/mol. The SMILES string of the molecule is O=C(NNC(=O)C1CCCN(C(=O)c2cccc3ccccc23)C1)c1c[nH]c2ccccc12. The van der Waals surface area contributed by atoms with Crippen molar-refractivity contribution < 1.29 is 14.4 Å². The van der Waals surface area contributed by atoms with Crippen LogP contribution in [0.5, 0.6) is 0 Å². The molecular formula is C26H24N4O3. The van der Waals surface area contributed by atoms with Gasteiger partial charge in [-0.05, 0) is 35.7 Å². The highest BCUT2D eigenvalue weighted by Crippen LogP contribution is 2.24. The van der Waals surface area contributed by atoms with E-state index in [-0.39, 0.29) is 23.6 Å². The number of aromatic amines is 1. The number of aromatic nitrogens is 1. The molecule has 0 saturated carbocycles. The zero-order chi connectivity index (χ0) is 22.8. The third-order valence-electron chi connectivity index (χ3n) is 6.23. The Morgan fingerprint density at radius 1 is 0.848 bits per heavy atom. The summed E-state index contributed by atoms with van der Waals surface area (Å²) in [6.45, 7) is 0.921. The number of hydrogen-bond donors (Lipinski definition) is 3. The Bertz CT molecular complexity index is 1350. The van der Waals surface area contributed by atoms with E-state index in [0.717, 1.165) is 28.1 Å². The van der Waals surface area contributed by atoms with Gasteiger partial charge in [-0.15, -0.1) is 0 Å². The Balaban J connectivity index is 1.24. The fourth-order valence-corrected chi connectivity index (χ4v) is 4.50. The summed E-state index contributed by atoms with van der Waals surface area (Å²) in [6.07, 6.45) is 3.01. The number of para-hydroxylation sites is 1. The first-order valence-corrected chi connectivity index (χ1v) is 11.0. The molecule has 0 spiro atoms. The van der Waals surface area contributed by atoms with Gasteiger partial charge in [-0.25, -0.2) is 0 Å². The van der Waals surface area contributed by atoms with Crippen molar-refractivity contribution >= 4 is 39.4 Å². The topological polar surface area (TPSA) is 94.3 Å². The summed E-state index contributed by atoms with van der Waals surface area (Å²) < 4.78 is 0. The van der Waals surface area contributed by atoms with Crippen molar-refractivity contribution in [2.24, 2.45) is 5.92 Å². The molecule has 1 saturated heterocycles. The van der Waals surface area contributed by atoms with Crippen molar-refractivity contribution in [3.05, 3.63) is 84.1 Å². The minimum atomic E-state index is -0.389. The van der Waals surface area contributed by atoms with Crippen LogP contribution in [0.1, 0.15) is 33.6 Å². The van der Waals surface area contributed by atoms with E-state index >= 15 is 0 Å². The molecule has 7 nitrogen and oxygen atoms in total. The maximum absolute atomic E-state index is 13.2. The number of nitrogens with zero attached hydrogens (tertiary/aromatic N) is 1. The Morgan fingerprint density at radius 3 is 2.48 bits per heavy atom. The molecule has 0 aliphatic carbocycles. The summed E-state index contributed by atoms with van der Waals surface area (Å²) in [5.41, 5.74) is 7.01. The first-order chi connectivity index (χ1) is 16.1. The van der Waals surface area contributed by atoms with E-state index in [2.05, 4.69) is 15.8 Å². The summed E-state index contributed by atoms with van der Waals surface area (Å²) >= 11 is 0. The molecule has 1 aliphatic heterocycles. The van der Waals surface area contributed by atoms with Gasteiger partial charge in [0.15, 0.2) is 0 Å². The van der Waals surface area contributed by atoms with E-state index in [9.17, 15) is 14.4 Å². The zero-order valence-electron chi connectivity index (χ0n) is 18.0. The lowest BCUT2D eigenvalue weighted by molar-refractivity contribution is -0.127. The molecule has 33 heavy (non-hydrogen) atoms. The van der Waals surface area contributed by atoms with Gasteiger partial charge >= 0.3 is 0 Å². The van der Waals surface area contributed by atoms with Crippen molar-refractivity contribution in [2.45, 2.75) is 12.8 Å². The van der Waals surface area contributed by atoms with Crippen molar-refractivity contribution in [1.82, 2.24) is 20.7 Å². The van der Waals surface area contributed by atoms with Crippen molar-refractivity contribution in [1.29, 1.82) is 0 Å². The van der Waals surface area contributed by atoms with Gasteiger partial charge < -0.3 is 9.88 Å². The summed E-state index contributed by atoms with van der Waals surface area (Å²) in [5, 5.41) is 2.70. The van der Waals surface area contributed by atoms with Gasteiger partial charge in [-0.3, -0.25) is 25.2 Å². The molecule has 3 aromatic carbocycles. The number of carbonyl (C=O) groups is 3. The molecule has 0 radical (unpaired) electrons. The van der Waals surface area contributed by atoms with E-state index in [1.165, 1.54) is 0 Å². The second-order valence-electron chi connectivity index (χ2n) is 8.31. The highest BCUT2D eigenvalue weighted by atomic mass is 16.2. The summed E-state index contributed by atoms with van der Waals surface area (Å²) in [6, 6.07) is 20.9. The number of nitrogens with one attached hydrogen (secondary N) is 3.